The number of tetrazole rings is 2. The Morgan fingerprint density at radius 2 is 0.858 bits per heavy atom. The van der Waals surface area contributed by atoms with E-state index in [4.69, 9.17) is 28.9 Å². The normalized spacial score (nSPS) is 16.9. The number of ether oxygens (including phenoxy) is 4. The lowest BCUT2D eigenvalue weighted by Crippen LogP contribution is -2.32. The summed E-state index contributed by atoms with van der Waals surface area (Å²) in [6.45, 7) is 27.2. The average Bonchev–Trinajstić information content (AvgIpc) is 1.59. The molecule has 4 aromatic heterocycles. The molecule has 2 aliphatic rings. The fraction of sp³-hybridized carbons (Fsp3) is 0.273. The molecule has 2 atom stereocenters. The number of esters is 2. The molecule has 18 heteroatoms. The topological polar surface area (TPSA) is 216 Å². The Bertz CT molecular complexity index is 4880. The number of benzene rings is 6. The zero-order valence-corrected chi connectivity index (χ0v) is 62.5. The fourth-order valence-corrected chi connectivity index (χ4v) is 14.4. The number of allylic oxidation sites excluding steroid dienone is 20. The van der Waals surface area contributed by atoms with Gasteiger partial charge in [-0.3, -0.25) is 9.13 Å². The Balaban J connectivity index is 0.616. The number of imidazole rings is 2. The summed E-state index contributed by atoms with van der Waals surface area (Å²) in [4.78, 5) is 38.4. The lowest BCUT2D eigenvalue weighted by Gasteiger charge is -2.37. The van der Waals surface area contributed by atoms with Crippen molar-refractivity contribution in [2.75, 3.05) is 13.2 Å². The summed E-state index contributed by atoms with van der Waals surface area (Å²) in [7, 11) is 0. The molecule has 0 amide bonds. The van der Waals surface area contributed by atoms with Gasteiger partial charge in [-0.2, -0.15) is 20.4 Å². The van der Waals surface area contributed by atoms with Gasteiger partial charge in [-0.25, -0.2) is 9.59 Å². The van der Waals surface area contributed by atoms with Crippen LogP contribution in [-0.4, -0.2) is 97.7 Å². The summed E-state index contributed by atoms with van der Waals surface area (Å²) in [6, 6.07) is 44.6. The van der Waals surface area contributed by atoms with Crippen LogP contribution in [0.2, 0.25) is 0 Å². The van der Waals surface area contributed by atoms with Gasteiger partial charge >= 0.3 is 11.9 Å². The van der Waals surface area contributed by atoms with Crippen molar-refractivity contribution in [3.63, 3.8) is 0 Å². The van der Waals surface area contributed by atoms with Crippen LogP contribution in [0.15, 0.2) is 263 Å². The molecule has 0 aliphatic heterocycles. The van der Waals surface area contributed by atoms with E-state index in [1.807, 2.05) is 108 Å². The number of carbonyl (C=O) groups excluding carboxylic acids is 2. The Hall–Kier alpha value is -11.9. The van der Waals surface area contributed by atoms with Gasteiger partial charge < -0.3 is 18.9 Å². The first-order valence-corrected chi connectivity index (χ1v) is 36.2. The maximum Gasteiger partial charge on any atom is 0.340 e. The van der Waals surface area contributed by atoms with Crippen molar-refractivity contribution in [1.29, 1.82) is 0 Å². The first kappa shape index (κ1) is 73.8. The summed E-state index contributed by atoms with van der Waals surface area (Å²) in [5.74, 6) is 0.290. The van der Waals surface area contributed by atoms with Gasteiger partial charge in [0, 0.05) is 24.0 Å². The van der Waals surface area contributed by atoms with Gasteiger partial charge in [-0.1, -0.05) is 255 Å². The van der Waals surface area contributed by atoms with Crippen molar-refractivity contribution < 1.29 is 28.5 Å². The largest absolute Gasteiger partial charge is 0.465 e. The number of carbonyl (C=O) groups is 2. The summed E-state index contributed by atoms with van der Waals surface area (Å²) < 4.78 is 28.9. The molecular weight excluding hydrogens is 1320 g/mol. The van der Waals surface area contributed by atoms with Crippen molar-refractivity contribution >= 4 is 34.0 Å². The third-order valence-corrected chi connectivity index (χ3v) is 19.4. The molecule has 12 rings (SSSR count). The third kappa shape index (κ3) is 17.5. The van der Waals surface area contributed by atoms with Crippen LogP contribution in [0, 0.1) is 10.8 Å². The minimum Gasteiger partial charge on any atom is -0.465 e. The van der Waals surface area contributed by atoms with E-state index in [1.165, 1.54) is 22.3 Å². The zero-order valence-electron chi connectivity index (χ0n) is 62.5. The fourth-order valence-electron chi connectivity index (χ4n) is 14.4. The molecule has 2 N–H and O–H groups in total. The molecule has 2 aliphatic carbocycles. The molecule has 6 aromatic carbocycles. The molecule has 0 saturated heterocycles. The SMILES string of the molecule is CCOc1nc2cccc(C(=O)OC3CC(C)=C(/C=C/C(C)=C/C=C/C(C)=C/C=C/C=C(C)/C=C/C=C(C)/C=C/C4=C(C)CC(OC(=O)c5cccc6nc(OCC)n(Cc7ccc(-c8ccccc8-c8nn[nH]n8)cc7)c56)CC4(C)C)C(C)(C)C3)c2n1Cc1ccc(-c2ccccc2-c2nn[nH]n2)cc1. The predicted octanol–water partition coefficient (Wildman–Crippen LogP) is 19.6. The molecule has 4 heterocycles. The number of aromatic nitrogens is 12. The van der Waals surface area contributed by atoms with Gasteiger partial charge in [-0.15, -0.1) is 20.4 Å². The highest BCUT2D eigenvalue weighted by Crippen LogP contribution is 2.45. The number of aromatic amines is 2. The van der Waals surface area contributed by atoms with Gasteiger partial charge in [0.25, 0.3) is 12.0 Å². The van der Waals surface area contributed by atoms with Crippen molar-refractivity contribution in [1.82, 2.24) is 60.4 Å². The van der Waals surface area contributed by atoms with Crippen molar-refractivity contribution in [3.8, 4) is 57.1 Å². The van der Waals surface area contributed by atoms with Gasteiger partial charge in [0.1, 0.15) is 12.2 Å². The van der Waals surface area contributed by atoms with Gasteiger partial charge in [0.2, 0.25) is 11.6 Å². The van der Waals surface area contributed by atoms with Crippen LogP contribution in [0.1, 0.15) is 141 Å². The van der Waals surface area contributed by atoms with Crippen LogP contribution >= 0.6 is 0 Å². The van der Waals surface area contributed by atoms with E-state index in [9.17, 15) is 9.59 Å². The second-order valence-electron chi connectivity index (χ2n) is 28.6. The van der Waals surface area contributed by atoms with Gasteiger partial charge in [0.15, 0.2) is 0 Å². The van der Waals surface area contributed by atoms with Crippen LogP contribution in [0.5, 0.6) is 12.0 Å². The van der Waals surface area contributed by atoms with Crippen LogP contribution in [0.4, 0.5) is 0 Å². The quantitative estimate of drug-likeness (QED) is 0.0381. The number of nitrogens with one attached hydrogen (secondary N) is 2. The maximum absolute atomic E-state index is 14.4. The monoisotopic (exact) mass is 1410 g/mol. The van der Waals surface area contributed by atoms with Crippen molar-refractivity contribution in [2.24, 2.45) is 10.8 Å². The summed E-state index contributed by atoms with van der Waals surface area (Å²) in [5, 5.41) is 29.4. The summed E-state index contributed by atoms with van der Waals surface area (Å²) in [6.07, 6.45) is 31.8. The maximum atomic E-state index is 14.4. The van der Waals surface area contributed by atoms with E-state index in [2.05, 4.69) is 244 Å². The average molecular weight is 1410 g/mol. The van der Waals surface area contributed by atoms with E-state index in [0.717, 1.165) is 66.8 Å². The molecule has 0 bridgehead atoms. The minimum atomic E-state index is -0.382. The number of hydrogen-bond donors (Lipinski definition) is 2. The lowest BCUT2D eigenvalue weighted by atomic mass is 9.71. The number of hydrogen-bond acceptors (Lipinski definition) is 14. The molecule has 106 heavy (non-hydrogen) atoms. The highest BCUT2D eigenvalue weighted by atomic mass is 16.5. The highest BCUT2D eigenvalue weighted by Gasteiger charge is 2.37. The number of rotatable bonds is 26. The van der Waals surface area contributed by atoms with E-state index >= 15 is 0 Å². The molecule has 0 spiro atoms. The number of para-hydroxylation sites is 2. The van der Waals surface area contributed by atoms with Gasteiger partial charge in [0.05, 0.1) is 59.5 Å². The Labute approximate surface area is 620 Å². The number of H-pyrrole nitrogens is 2. The summed E-state index contributed by atoms with van der Waals surface area (Å²) in [5.41, 5.74) is 20.2. The molecule has 0 saturated carbocycles. The molecular formula is C88H92N12O6. The molecule has 18 nitrogen and oxygen atoms in total. The Kier molecular flexibility index (Phi) is 23.2. The number of fused-ring (bicyclic) bond motifs is 2. The van der Waals surface area contributed by atoms with Crippen LogP contribution in [-0.2, 0) is 22.6 Å². The predicted molar refractivity (Wildman–Crippen MR) is 421 cm³/mol. The smallest absolute Gasteiger partial charge is 0.340 e. The standard InChI is InChI=1S/C88H92N12O6/c1-13-103-85-89-77-37-23-35-73(79(77)99(85)55-63-41-45-65(46-42-63)69-31-17-19-33-71(69)81-91-95-96-92-81)83(101)105-67-51-61(7)75(87(9,10)53-67)49-39-59(5)29-21-27-57(3)25-15-16-26-58(4)28-22-30-60(6)40-50-76-62(8)52-68(54-88(76,11)12)106-84(102)74-36-24-38-78-80(74)100(86(90-78)104-14-2)56-64-43-47-66(48-44-64)70-32-18-20-34-72(70)82-93-97-98-94-82/h15-50,67-68H,13-14,51-56H2,1-12H3,(H,91,92,95,96)(H,93,94,97,98)/b16-15+,27-21+,28-22+,49-39+,50-40+,57-25+,58-26+,59-29+,60-30+. The van der Waals surface area contributed by atoms with Crippen LogP contribution < -0.4 is 9.47 Å². The molecule has 0 fully saturated rings. The Morgan fingerprint density at radius 1 is 0.481 bits per heavy atom. The van der Waals surface area contributed by atoms with Crippen LogP contribution in [0.25, 0.3) is 67.1 Å². The first-order valence-electron chi connectivity index (χ1n) is 36.2. The molecule has 2 unspecified atom stereocenters. The third-order valence-electron chi connectivity index (χ3n) is 19.4. The van der Waals surface area contributed by atoms with E-state index in [1.54, 1.807) is 0 Å². The minimum absolute atomic E-state index is 0.244. The number of nitrogens with zero attached hydrogens (tertiary/aromatic N) is 10. The van der Waals surface area contributed by atoms with Crippen LogP contribution in [0.3, 0.4) is 0 Å². The molecule has 0 radical (unpaired) electrons. The van der Waals surface area contributed by atoms with E-state index in [0.29, 0.717) is 109 Å². The molecule has 540 valence electrons. The van der Waals surface area contributed by atoms with Gasteiger partial charge in [-0.05, 0) is 158 Å². The van der Waals surface area contributed by atoms with E-state index < -0.39 is 0 Å². The van der Waals surface area contributed by atoms with Crippen molar-refractivity contribution in [3.05, 3.63) is 285 Å². The second-order valence-corrected chi connectivity index (χ2v) is 28.6. The summed E-state index contributed by atoms with van der Waals surface area (Å²) >= 11 is 0. The second kappa shape index (κ2) is 33.2. The molecule has 10 aromatic rings. The van der Waals surface area contributed by atoms with E-state index in [-0.39, 0.29) is 35.0 Å². The zero-order chi connectivity index (χ0) is 74.5. The first-order chi connectivity index (χ1) is 51.2. The highest BCUT2D eigenvalue weighted by molar-refractivity contribution is 6.03. The van der Waals surface area contributed by atoms with Crippen molar-refractivity contribution in [2.45, 2.75) is 134 Å². The lowest BCUT2D eigenvalue weighted by molar-refractivity contribution is 0.0180. The Morgan fingerprint density at radius 3 is 1.23 bits per heavy atom.